The molecule has 0 aliphatic rings. The van der Waals surface area contributed by atoms with Gasteiger partial charge in [-0.25, -0.2) is 4.79 Å². The van der Waals surface area contributed by atoms with Crippen LogP contribution < -0.4 is 26.5 Å². The van der Waals surface area contributed by atoms with Gasteiger partial charge in [-0.05, 0) is 29.8 Å². The number of aliphatic hydroxyl groups excluding tert-OH is 1. The van der Waals surface area contributed by atoms with E-state index in [1.807, 2.05) is 0 Å². The second-order valence-corrected chi connectivity index (χ2v) is 7.54. The lowest BCUT2D eigenvalue weighted by Crippen LogP contribution is -2.40. The molecule has 0 saturated carbocycles. The number of ether oxygens (including phenoxy) is 2. The minimum Gasteiger partial charge on any atom is -0.425 e. The second-order valence-electron chi connectivity index (χ2n) is 7.54. The number of hydrogen-bond donors (Lipinski definition) is 2. The number of nitrogens with two attached hydrogens (primary N) is 1. The lowest BCUT2D eigenvalue weighted by molar-refractivity contribution is -0.274. The maximum atomic E-state index is 13.2. The smallest absolute Gasteiger partial charge is 0.425 e. The Labute approximate surface area is 195 Å². The van der Waals surface area contributed by atoms with Crippen molar-refractivity contribution in [3.05, 3.63) is 74.9 Å². The predicted octanol–water partition coefficient (Wildman–Crippen LogP) is 2.21. The van der Waals surface area contributed by atoms with E-state index >= 15 is 0 Å². The molecule has 10 nitrogen and oxygen atoms in total. The lowest BCUT2D eigenvalue weighted by Gasteiger charge is -2.12. The summed E-state index contributed by atoms with van der Waals surface area (Å²) < 4.78 is 51.0. The molecular weight excluding hydrogens is 471 g/mol. The van der Waals surface area contributed by atoms with Gasteiger partial charge in [0, 0.05) is 18.8 Å². The summed E-state index contributed by atoms with van der Waals surface area (Å²) in [5.41, 5.74) is 5.59. The fraction of sp³-hybridized carbons (Fsp3) is 0.227. The number of nitrogens with zero attached hydrogens (tertiary/aromatic N) is 4. The molecule has 0 atom stereocenters. The molecule has 3 N–H and O–H groups in total. The van der Waals surface area contributed by atoms with Gasteiger partial charge in [-0.2, -0.15) is 4.98 Å². The third-order valence-corrected chi connectivity index (χ3v) is 5.09. The van der Waals surface area contributed by atoms with E-state index in [1.165, 1.54) is 23.7 Å². The highest BCUT2D eigenvalue weighted by Gasteiger charge is 2.31. The van der Waals surface area contributed by atoms with Crippen LogP contribution in [0.15, 0.2) is 58.1 Å². The highest BCUT2D eigenvalue weighted by molar-refractivity contribution is 5.72. The standard InChI is InChI=1S/C22H20F3N5O5/c1-28-18-17(19(32)29(9-10-31)21(28)33)30(12-13-5-7-14(26)8-6-13)20(27-18)34-15-3-2-4-16(11-15)35-22(23,24)25/h2-8,11,31H,9-10,12,26H2,1H3. The van der Waals surface area contributed by atoms with Crippen LogP contribution in [0.2, 0.25) is 0 Å². The van der Waals surface area contributed by atoms with Gasteiger partial charge in [0.15, 0.2) is 11.2 Å². The highest BCUT2D eigenvalue weighted by atomic mass is 19.4. The Kier molecular flexibility index (Phi) is 6.26. The zero-order valence-electron chi connectivity index (χ0n) is 18.3. The molecule has 184 valence electrons. The molecule has 0 amide bonds. The molecule has 0 aliphatic heterocycles. The second kappa shape index (κ2) is 9.18. The molecule has 0 aliphatic carbocycles. The van der Waals surface area contributed by atoms with Gasteiger partial charge in [-0.15, -0.1) is 13.2 Å². The van der Waals surface area contributed by atoms with Gasteiger partial charge in [0.2, 0.25) is 0 Å². The average molecular weight is 491 g/mol. The maximum Gasteiger partial charge on any atom is 0.573 e. The molecule has 0 fully saturated rings. The maximum absolute atomic E-state index is 13.2. The third-order valence-electron chi connectivity index (χ3n) is 5.09. The van der Waals surface area contributed by atoms with Crippen molar-refractivity contribution < 1.29 is 27.8 Å². The van der Waals surface area contributed by atoms with Crippen LogP contribution >= 0.6 is 0 Å². The van der Waals surface area contributed by atoms with Crippen LogP contribution in [0.25, 0.3) is 11.2 Å². The highest BCUT2D eigenvalue weighted by Crippen LogP contribution is 2.30. The summed E-state index contributed by atoms with van der Waals surface area (Å²) >= 11 is 0. The first-order chi connectivity index (χ1) is 16.6. The molecule has 2 heterocycles. The molecule has 0 bridgehead atoms. The van der Waals surface area contributed by atoms with E-state index in [0.717, 1.165) is 21.3 Å². The minimum absolute atomic E-state index is 0.00216. The molecule has 0 unspecified atom stereocenters. The zero-order valence-corrected chi connectivity index (χ0v) is 18.3. The van der Waals surface area contributed by atoms with Crippen LogP contribution in [0.1, 0.15) is 5.56 Å². The lowest BCUT2D eigenvalue weighted by atomic mass is 10.2. The van der Waals surface area contributed by atoms with E-state index in [2.05, 4.69) is 9.72 Å². The summed E-state index contributed by atoms with van der Waals surface area (Å²) in [7, 11) is 1.40. The Morgan fingerprint density at radius 2 is 1.74 bits per heavy atom. The average Bonchev–Trinajstić information content (AvgIpc) is 3.14. The molecule has 13 heteroatoms. The summed E-state index contributed by atoms with van der Waals surface area (Å²) in [6.07, 6.45) is -4.89. The van der Waals surface area contributed by atoms with Gasteiger partial charge in [0.1, 0.15) is 11.5 Å². The first-order valence-corrected chi connectivity index (χ1v) is 10.3. The summed E-state index contributed by atoms with van der Waals surface area (Å²) in [4.78, 5) is 30.1. The molecule has 4 rings (SSSR count). The van der Waals surface area contributed by atoms with Crippen LogP contribution in [-0.2, 0) is 20.1 Å². The normalized spacial score (nSPS) is 11.7. The molecule has 35 heavy (non-hydrogen) atoms. The Morgan fingerprint density at radius 1 is 1.06 bits per heavy atom. The number of halogens is 3. The third kappa shape index (κ3) is 4.99. The van der Waals surface area contributed by atoms with Crippen LogP contribution in [0.3, 0.4) is 0 Å². The van der Waals surface area contributed by atoms with E-state index in [0.29, 0.717) is 11.3 Å². The van der Waals surface area contributed by atoms with Crippen molar-refractivity contribution in [2.24, 2.45) is 7.05 Å². The van der Waals surface area contributed by atoms with Gasteiger partial charge in [0.25, 0.3) is 5.56 Å². The van der Waals surface area contributed by atoms with E-state index < -0.39 is 30.0 Å². The zero-order chi connectivity index (χ0) is 25.3. The first kappa shape index (κ1) is 23.9. The number of benzene rings is 2. The van der Waals surface area contributed by atoms with Gasteiger partial charge < -0.3 is 20.3 Å². The summed E-state index contributed by atoms with van der Waals surface area (Å²) in [6.45, 7) is -0.610. The van der Waals surface area contributed by atoms with Gasteiger partial charge in [-0.3, -0.25) is 18.5 Å². The van der Waals surface area contributed by atoms with Crippen molar-refractivity contribution in [1.82, 2.24) is 18.7 Å². The van der Waals surface area contributed by atoms with E-state index in [1.54, 1.807) is 24.3 Å². The Hall–Kier alpha value is -4.26. The number of alkyl halides is 3. The first-order valence-electron chi connectivity index (χ1n) is 10.3. The number of aliphatic hydroxyl groups is 1. The topological polar surface area (TPSA) is 127 Å². The number of fused-ring (bicyclic) bond motifs is 1. The van der Waals surface area contributed by atoms with E-state index in [4.69, 9.17) is 10.5 Å². The van der Waals surface area contributed by atoms with Crippen LogP contribution in [-0.4, -0.2) is 36.8 Å². The minimum atomic E-state index is -4.89. The summed E-state index contributed by atoms with van der Waals surface area (Å²) in [5, 5.41) is 9.31. The summed E-state index contributed by atoms with van der Waals surface area (Å²) in [6, 6.07) is 11.4. The van der Waals surface area contributed by atoms with Gasteiger partial charge in [0.05, 0.1) is 19.7 Å². The van der Waals surface area contributed by atoms with Gasteiger partial charge >= 0.3 is 18.1 Å². The van der Waals surface area contributed by atoms with Crippen molar-refractivity contribution in [3.63, 3.8) is 0 Å². The number of anilines is 1. The van der Waals surface area contributed by atoms with Crippen molar-refractivity contribution in [2.45, 2.75) is 19.5 Å². The molecule has 4 aromatic rings. The Bertz CT molecular complexity index is 1490. The SMILES string of the molecule is Cn1c(=O)n(CCO)c(=O)c2c1nc(Oc1cccc(OC(F)(F)F)c1)n2Cc1ccc(N)cc1. The number of imidazole rings is 1. The molecule has 0 saturated heterocycles. The Morgan fingerprint density at radius 3 is 2.40 bits per heavy atom. The van der Waals surface area contributed by atoms with Crippen molar-refractivity contribution in [2.75, 3.05) is 12.3 Å². The number of hydrogen-bond acceptors (Lipinski definition) is 7. The molecule has 0 spiro atoms. The molecular formula is C22H20F3N5O5. The molecule has 2 aromatic heterocycles. The van der Waals surface area contributed by atoms with E-state index in [9.17, 15) is 27.9 Å². The number of aryl methyl sites for hydroxylation is 1. The van der Waals surface area contributed by atoms with Crippen LogP contribution in [0.4, 0.5) is 18.9 Å². The van der Waals surface area contributed by atoms with Crippen LogP contribution in [0.5, 0.6) is 17.5 Å². The predicted molar refractivity (Wildman–Crippen MR) is 119 cm³/mol. The van der Waals surface area contributed by atoms with Gasteiger partial charge in [-0.1, -0.05) is 18.2 Å². The molecule has 0 radical (unpaired) electrons. The summed E-state index contributed by atoms with van der Waals surface area (Å²) in [5.74, 6) is -0.546. The van der Waals surface area contributed by atoms with Crippen molar-refractivity contribution in [3.8, 4) is 17.5 Å². The number of nitrogen functional groups attached to an aromatic ring is 1. The monoisotopic (exact) mass is 491 g/mol. The fourth-order valence-electron chi connectivity index (χ4n) is 3.52. The largest absolute Gasteiger partial charge is 0.573 e. The Balaban J connectivity index is 1.88. The molecule has 2 aromatic carbocycles. The fourth-order valence-corrected chi connectivity index (χ4v) is 3.52. The van der Waals surface area contributed by atoms with Crippen molar-refractivity contribution in [1.29, 1.82) is 0 Å². The number of rotatable bonds is 7. The van der Waals surface area contributed by atoms with E-state index in [-0.39, 0.29) is 36.0 Å². The van der Waals surface area contributed by atoms with Crippen LogP contribution in [0, 0.1) is 0 Å². The quantitative estimate of drug-likeness (QED) is 0.380. The van der Waals surface area contributed by atoms with Crippen molar-refractivity contribution >= 4 is 16.9 Å². The number of aromatic nitrogens is 4.